The Hall–Kier alpha value is -4.05. The van der Waals surface area contributed by atoms with Crippen molar-refractivity contribution in [1.82, 2.24) is 9.47 Å². The van der Waals surface area contributed by atoms with E-state index in [-0.39, 0.29) is 18.3 Å². The van der Waals surface area contributed by atoms with Gasteiger partial charge in [0.25, 0.3) is 11.5 Å². The minimum Gasteiger partial charge on any atom is -0.497 e. The summed E-state index contributed by atoms with van der Waals surface area (Å²) in [5.41, 5.74) is 2.19. The van der Waals surface area contributed by atoms with Crippen LogP contribution in [-0.4, -0.2) is 49.5 Å². The highest BCUT2D eigenvalue weighted by molar-refractivity contribution is 7.07. The lowest BCUT2D eigenvalue weighted by atomic mass is 9.93. The topological polar surface area (TPSA) is 91.6 Å². The van der Waals surface area contributed by atoms with Crippen LogP contribution in [0.25, 0.3) is 6.08 Å². The molecule has 0 unspecified atom stereocenters. The SMILES string of the molecule is CCN(CC)C(=O)C1=C(C)N=c2s/c(=C/c3ccc4c(c3)OCO4)c(=O)n2[C@H]1c1cc(OC)ccc1OC. The third-order valence-corrected chi connectivity index (χ3v) is 7.71. The summed E-state index contributed by atoms with van der Waals surface area (Å²) in [4.78, 5) is 34.8. The number of methoxy groups -OCH3 is 2. The molecular weight excluding hydrogens is 506 g/mol. The summed E-state index contributed by atoms with van der Waals surface area (Å²) < 4.78 is 24.2. The molecular formula is C28H29N3O6S. The number of rotatable bonds is 7. The van der Waals surface area contributed by atoms with E-state index in [1.807, 2.05) is 45.0 Å². The van der Waals surface area contributed by atoms with E-state index >= 15 is 0 Å². The summed E-state index contributed by atoms with van der Waals surface area (Å²) in [7, 11) is 3.14. The first kappa shape index (κ1) is 25.6. The Morgan fingerprint density at radius 1 is 1.13 bits per heavy atom. The number of allylic oxidation sites excluding steroid dienone is 1. The van der Waals surface area contributed by atoms with Crippen molar-refractivity contribution in [2.45, 2.75) is 26.8 Å². The maximum atomic E-state index is 14.0. The van der Waals surface area contributed by atoms with Gasteiger partial charge in [-0.1, -0.05) is 17.4 Å². The van der Waals surface area contributed by atoms with Gasteiger partial charge in [-0.25, -0.2) is 4.99 Å². The van der Waals surface area contributed by atoms with Crippen molar-refractivity contribution in [3.05, 3.63) is 78.5 Å². The van der Waals surface area contributed by atoms with Crippen molar-refractivity contribution in [3.8, 4) is 23.0 Å². The molecule has 0 bridgehead atoms. The molecule has 3 heterocycles. The van der Waals surface area contributed by atoms with Gasteiger partial charge in [0, 0.05) is 18.7 Å². The Labute approximate surface area is 223 Å². The van der Waals surface area contributed by atoms with Gasteiger partial charge >= 0.3 is 0 Å². The van der Waals surface area contributed by atoms with Gasteiger partial charge in [0.1, 0.15) is 17.5 Å². The molecule has 1 aromatic heterocycles. The molecule has 38 heavy (non-hydrogen) atoms. The molecule has 3 aromatic rings. The number of fused-ring (bicyclic) bond motifs is 2. The third-order valence-electron chi connectivity index (χ3n) is 6.73. The van der Waals surface area contributed by atoms with Crippen molar-refractivity contribution in [2.75, 3.05) is 34.1 Å². The van der Waals surface area contributed by atoms with Gasteiger partial charge in [-0.15, -0.1) is 0 Å². The quantitative estimate of drug-likeness (QED) is 0.462. The molecule has 10 heteroatoms. The second-order valence-electron chi connectivity index (χ2n) is 8.78. The summed E-state index contributed by atoms with van der Waals surface area (Å²) in [6.07, 6.45) is 1.80. The van der Waals surface area contributed by atoms with E-state index in [9.17, 15) is 9.59 Å². The Bertz CT molecular complexity index is 1620. The highest BCUT2D eigenvalue weighted by atomic mass is 32.1. The van der Waals surface area contributed by atoms with Crippen molar-refractivity contribution >= 4 is 23.3 Å². The Balaban J connectivity index is 1.75. The van der Waals surface area contributed by atoms with E-state index < -0.39 is 6.04 Å². The molecule has 198 valence electrons. The first-order valence-electron chi connectivity index (χ1n) is 12.3. The predicted octanol–water partition coefficient (Wildman–Crippen LogP) is 2.85. The zero-order valence-electron chi connectivity index (χ0n) is 21.9. The molecule has 0 aliphatic carbocycles. The van der Waals surface area contributed by atoms with Crippen LogP contribution in [0.2, 0.25) is 0 Å². The number of thiazole rings is 1. The van der Waals surface area contributed by atoms with Gasteiger partial charge in [0.05, 0.1) is 30.0 Å². The van der Waals surface area contributed by atoms with Crippen molar-refractivity contribution in [3.63, 3.8) is 0 Å². The van der Waals surface area contributed by atoms with Crippen LogP contribution in [0.4, 0.5) is 0 Å². The second-order valence-corrected chi connectivity index (χ2v) is 9.79. The van der Waals surface area contributed by atoms with Crippen molar-refractivity contribution in [2.24, 2.45) is 4.99 Å². The fraction of sp³-hybridized carbons (Fsp3) is 0.321. The van der Waals surface area contributed by atoms with Gasteiger partial charge < -0.3 is 23.8 Å². The number of ether oxygens (including phenoxy) is 4. The number of carbonyl (C=O) groups excluding carboxylic acids is 1. The Kier molecular flexibility index (Phi) is 6.98. The lowest BCUT2D eigenvalue weighted by Crippen LogP contribution is -2.43. The number of likely N-dealkylation sites (N-methyl/N-ethyl adjacent to an activating group) is 1. The average Bonchev–Trinajstić information content (AvgIpc) is 3.51. The van der Waals surface area contributed by atoms with E-state index in [4.69, 9.17) is 23.9 Å². The van der Waals surface area contributed by atoms with E-state index in [0.29, 0.717) is 62.3 Å². The molecule has 0 fully saturated rings. The average molecular weight is 536 g/mol. The largest absolute Gasteiger partial charge is 0.497 e. The molecule has 2 aliphatic heterocycles. The molecule has 0 radical (unpaired) electrons. The van der Waals surface area contributed by atoms with E-state index in [0.717, 1.165) is 5.56 Å². The van der Waals surface area contributed by atoms with Crippen LogP contribution in [0.15, 0.2) is 57.5 Å². The molecule has 0 saturated carbocycles. The molecule has 2 aliphatic rings. The predicted molar refractivity (Wildman–Crippen MR) is 144 cm³/mol. The minimum absolute atomic E-state index is 0.170. The van der Waals surface area contributed by atoms with E-state index in [1.54, 1.807) is 41.9 Å². The summed E-state index contributed by atoms with van der Waals surface area (Å²) in [6.45, 7) is 6.90. The van der Waals surface area contributed by atoms with Crippen LogP contribution < -0.4 is 33.8 Å². The summed E-state index contributed by atoms with van der Waals surface area (Å²) in [6, 6.07) is 10.2. The summed E-state index contributed by atoms with van der Waals surface area (Å²) in [5, 5.41) is 0. The highest BCUT2D eigenvalue weighted by Crippen LogP contribution is 2.38. The minimum atomic E-state index is -0.747. The maximum absolute atomic E-state index is 14.0. The smallest absolute Gasteiger partial charge is 0.271 e. The van der Waals surface area contributed by atoms with Gasteiger partial charge in [-0.2, -0.15) is 0 Å². The first-order valence-corrected chi connectivity index (χ1v) is 13.1. The van der Waals surface area contributed by atoms with Gasteiger partial charge in [0.2, 0.25) is 6.79 Å². The van der Waals surface area contributed by atoms with Crippen LogP contribution in [-0.2, 0) is 4.79 Å². The number of carbonyl (C=O) groups is 1. The third kappa shape index (κ3) is 4.34. The normalized spacial score (nSPS) is 16.2. The van der Waals surface area contributed by atoms with Crippen LogP contribution in [0.5, 0.6) is 23.0 Å². The molecule has 0 spiro atoms. The zero-order chi connectivity index (χ0) is 27.0. The monoisotopic (exact) mass is 535 g/mol. The molecule has 1 atom stereocenters. The van der Waals surface area contributed by atoms with E-state index in [2.05, 4.69) is 0 Å². The van der Waals surface area contributed by atoms with Crippen molar-refractivity contribution < 1.29 is 23.7 Å². The van der Waals surface area contributed by atoms with Gasteiger partial charge in [-0.05, 0) is 62.7 Å². The zero-order valence-corrected chi connectivity index (χ0v) is 22.8. The molecule has 2 aromatic carbocycles. The van der Waals surface area contributed by atoms with Gasteiger partial charge in [-0.3, -0.25) is 14.2 Å². The molecule has 0 N–H and O–H groups in total. The number of nitrogens with zero attached hydrogens (tertiary/aromatic N) is 3. The number of hydrogen-bond donors (Lipinski definition) is 0. The first-order chi connectivity index (χ1) is 18.4. The Morgan fingerprint density at radius 2 is 1.89 bits per heavy atom. The number of amides is 1. The Morgan fingerprint density at radius 3 is 2.61 bits per heavy atom. The van der Waals surface area contributed by atoms with Crippen LogP contribution >= 0.6 is 11.3 Å². The van der Waals surface area contributed by atoms with Crippen molar-refractivity contribution in [1.29, 1.82) is 0 Å². The lowest BCUT2D eigenvalue weighted by Gasteiger charge is -2.30. The summed E-state index contributed by atoms with van der Waals surface area (Å²) >= 11 is 1.27. The fourth-order valence-corrected chi connectivity index (χ4v) is 5.82. The number of aromatic nitrogens is 1. The van der Waals surface area contributed by atoms with Crippen LogP contribution in [0.1, 0.15) is 37.9 Å². The highest BCUT2D eigenvalue weighted by Gasteiger charge is 2.36. The fourth-order valence-electron chi connectivity index (χ4n) is 4.78. The number of hydrogen-bond acceptors (Lipinski definition) is 8. The van der Waals surface area contributed by atoms with Crippen LogP contribution in [0.3, 0.4) is 0 Å². The van der Waals surface area contributed by atoms with Crippen LogP contribution in [0, 0.1) is 0 Å². The molecule has 9 nitrogen and oxygen atoms in total. The molecule has 5 rings (SSSR count). The molecule has 1 amide bonds. The summed E-state index contributed by atoms with van der Waals surface area (Å²) in [5.74, 6) is 2.27. The number of benzene rings is 2. The lowest BCUT2D eigenvalue weighted by molar-refractivity contribution is -0.127. The molecule has 0 saturated heterocycles. The van der Waals surface area contributed by atoms with E-state index in [1.165, 1.54) is 11.3 Å². The second kappa shape index (κ2) is 10.4. The standard InChI is InChI=1S/C28H29N3O6S/c1-6-30(7-2)27(33)24-16(3)29-28-31(25(24)19-14-18(34-4)9-11-20(19)35-5)26(32)23(38-28)13-17-8-10-21-22(12-17)37-15-36-21/h8-14,25H,6-7,15H2,1-5H3/b23-13+/t25-/m0/s1. The maximum Gasteiger partial charge on any atom is 0.271 e. The van der Waals surface area contributed by atoms with Gasteiger partial charge in [0.15, 0.2) is 16.3 Å².